The van der Waals surface area contributed by atoms with Gasteiger partial charge in [0, 0.05) is 24.3 Å². The Morgan fingerprint density at radius 3 is 2.35 bits per heavy atom. The fourth-order valence-corrected chi connectivity index (χ4v) is 6.64. The maximum absolute atomic E-state index is 12.8. The highest BCUT2D eigenvalue weighted by atomic mass is 32.2. The summed E-state index contributed by atoms with van der Waals surface area (Å²) in [7, 11) is -1.37. The van der Waals surface area contributed by atoms with Crippen LogP contribution in [0.15, 0.2) is 59.8 Å². The molecule has 0 unspecified atom stereocenters. The highest BCUT2D eigenvalue weighted by molar-refractivity contribution is 7.99. The Labute approximate surface area is 205 Å². The molecular formula is C25H30N4O3S2. The molecule has 34 heavy (non-hydrogen) atoms. The van der Waals surface area contributed by atoms with Crippen LogP contribution in [0.1, 0.15) is 32.8 Å². The van der Waals surface area contributed by atoms with Crippen molar-refractivity contribution in [2.24, 2.45) is 0 Å². The summed E-state index contributed by atoms with van der Waals surface area (Å²) in [6, 6.07) is 17.9. The topological polar surface area (TPSA) is 85.2 Å². The van der Waals surface area contributed by atoms with E-state index in [1.165, 1.54) is 17.3 Å². The van der Waals surface area contributed by atoms with Gasteiger partial charge in [0.15, 0.2) is 20.8 Å². The molecule has 0 bridgehead atoms. The van der Waals surface area contributed by atoms with Crippen LogP contribution in [0.5, 0.6) is 0 Å². The maximum atomic E-state index is 12.8. The number of hydrogen-bond donors (Lipinski definition) is 0. The van der Waals surface area contributed by atoms with Crippen molar-refractivity contribution in [1.82, 2.24) is 19.7 Å². The third-order valence-electron chi connectivity index (χ3n) is 6.13. The fourth-order valence-electron chi connectivity index (χ4n) is 3.99. The van der Waals surface area contributed by atoms with Crippen LogP contribution < -0.4 is 0 Å². The lowest BCUT2D eigenvalue weighted by molar-refractivity contribution is -0.128. The Morgan fingerprint density at radius 1 is 1.09 bits per heavy atom. The first-order valence-corrected chi connectivity index (χ1v) is 14.1. The number of benzene rings is 2. The third kappa shape index (κ3) is 5.36. The molecule has 2 heterocycles. The Bertz CT molecular complexity index is 1260. The van der Waals surface area contributed by atoms with Crippen LogP contribution in [0.2, 0.25) is 0 Å². The lowest BCUT2D eigenvalue weighted by Gasteiger charge is -2.23. The SMILES string of the molecule is CN(C(=O)CSc1nnc(-c2ccc(C(C)(C)C)cc2)n1-c1ccccc1)[C@@H]1CCS(=O)(=O)C1. The van der Waals surface area contributed by atoms with Gasteiger partial charge in [0.1, 0.15) is 0 Å². The van der Waals surface area contributed by atoms with Crippen molar-refractivity contribution in [2.75, 3.05) is 24.3 Å². The van der Waals surface area contributed by atoms with E-state index in [0.717, 1.165) is 11.3 Å². The van der Waals surface area contributed by atoms with Crippen LogP contribution in [-0.2, 0) is 20.0 Å². The van der Waals surface area contributed by atoms with Crippen molar-refractivity contribution in [3.05, 3.63) is 60.2 Å². The van der Waals surface area contributed by atoms with Gasteiger partial charge >= 0.3 is 0 Å². The van der Waals surface area contributed by atoms with Gasteiger partial charge in [-0.1, -0.05) is 75.0 Å². The molecular weight excluding hydrogens is 468 g/mol. The number of hydrogen-bond acceptors (Lipinski definition) is 6. The van der Waals surface area contributed by atoms with Gasteiger partial charge in [0.25, 0.3) is 0 Å². The largest absolute Gasteiger partial charge is 0.341 e. The number of carbonyl (C=O) groups excluding carboxylic acids is 1. The van der Waals surface area contributed by atoms with Crippen molar-refractivity contribution < 1.29 is 13.2 Å². The molecule has 9 heteroatoms. The number of para-hydroxylation sites is 1. The van der Waals surface area contributed by atoms with Crippen LogP contribution in [0.4, 0.5) is 0 Å². The molecule has 0 N–H and O–H groups in total. The van der Waals surface area contributed by atoms with E-state index in [0.29, 0.717) is 17.4 Å². The van der Waals surface area contributed by atoms with Gasteiger partial charge in [-0.2, -0.15) is 0 Å². The molecule has 1 amide bonds. The predicted octanol–water partition coefficient (Wildman–Crippen LogP) is 3.97. The Morgan fingerprint density at radius 2 is 1.76 bits per heavy atom. The number of carbonyl (C=O) groups is 1. The van der Waals surface area contributed by atoms with Gasteiger partial charge in [-0.25, -0.2) is 8.42 Å². The minimum Gasteiger partial charge on any atom is -0.341 e. The van der Waals surface area contributed by atoms with Gasteiger partial charge in [-0.15, -0.1) is 10.2 Å². The van der Waals surface area contributed by atoms with E-state index in [2.05, 4.69) is 55.2 Å². The molecule has 0 radical (unpaired) electrons. The molecule has 1 atom stereocenters. The van der Waals surface area contributed by atoms with Crippen molar-refractivity contribution in [1.29, 1.82) is 0 Å². The molecule has 4 rings (SSSR count). The number of rotatable bonds is 6. The van der Waals surface area contributed by atoms with E-state index in [4.69, 9.17) is 0 Å². The second-order valence-electron chi connectivity index (χ2n) is 9.65. The van der Waals surface area contributed by atoms with Crippen LogP contribution in [0.25, 0.3) is 17.1 Å². The minimum absolute atomic E-state index is 0.0365. The number of amides is 1. The van der Waals surface area contributed by atoms with Gasteiger partial charge < -0.3 is 4.90 Å². The quantitative estimate of drug-likeness (QED) is 0.478. The highest BCUT2D eigenvalue weighted by Gasteiger charge is 2.32. The monoisotopic (exact) mass is 498 g/mol. The van der Waals surface area contributed by atoms with Crippen molar-refractivity contribution >= 4 is 27.5 Å². The van der Waals surface area contributed by atoms with Crippen molar-refractivity contribution in [2.45, 2.75) is 43.8 Å². The minimum atomic E-state index is -3.05. The molecule has 3 aromatic rings. The standard InChI is InChI=1S/C25H30N4O3S2/c1-25(2,3)19-12-10-18(11-13-19)23-26-27-24(29(23)20-8-6-5-7-9-20)33-16-22(30)28(4)21-14-15-34(31,32)17-21/h5-13,21H,14-17H2,1-4H3/t21-/m1/s1. The molecule has 2 aromatic carbocycles. The molecule has 180 valence electrons. The number of aromatic nitrogens is 3. The van der Waals surface area contributed by atoms with E-state index in [-0.39, 0.29) is 34.6 Å². The predicted molar refractivity (Wildman–Crippen MR) is 136 cm³/mol. The molecule has 0 aliphatic carbocycles. The van der Waals surface area contributed by atoms with Gasteiger partial charge in [0.05, 0.1) is 17.3 Å². The summed E-state index contributed by atoms with van der Waals surface area (Å²) in [6.07, 6.45) is 0.490. The number of thioether (sulfide) groups is 1. The summed E-state index contributed by atoms with van der Waals surface area (Å²) in [5, 5.41) is 9.48. The van der Waals surface area contributed by atoms with Crippen molar-refractivity contribution in [3.63, 3.8) is 0 Å². The Balaban J connectivity index is 1.59. The van der Waals surface area contributed by atoms with Gasteiger partial charge in [0.2, 0.25) is 5.91 Å². The fraction of sp³-hybridized carbons (Fsp3) is 0.400. The molecule has 7 nitrogen and oxygen atoms in total. The smallest absolute Gasteiger partial charge is 0.233 e. The van der Waals surface area contributed by atoms with E-state index < -0.39 is 9.84 Å². The summed E-state index contributed by atoms with van der Waals surface area (Å²) in [4.78, 5) is 14.4. The lowest BCUT2D eigenvalue weighted by atomic mass is 9.87. The summed E-state index contributed by atoms with van der Waals surface area (Å²) < 4.78 is 25.6. The molecule has 1 fully saturated rings. The first kappa shape index (κ1) is 24.5. The molecule has 0 spiro atoms. The summed E-state index contributed by atoms with van der Waals surface area (Å²) in [6.45, 7) is 6.54. The second kappa shape index (κ2) is 9.54. The van der Waals surface area contributed by atoms with E-state index in [1.54, 1.807) is 11.9 Å². The number of sulfone groups is 1. The summed E-state index contributed by atoms with van der Waals surface area (Å²) in [5.41, 5.74) is 3.14. The molecule has 0 saturated carbocycles. The second-order valence-corrected chi connectivity index (χ2v) is 12.8. The Hall–Kier alpha value is -2.65. The molecule has 1 saturated heterocycles. The average Bonchev–Trinajstić information content (AvgIpc) is 3.40. The average molecular weight is 499 g/mol. The normalized spacial score (nSPS) is 17.6. The van der Waals surface area contributed by atoms with E-state index >= 15 is 0 Å². The van der Waals surface area contributed by atoms with E-state index in [9.17, 15) is 13.2 Å². The maximum Gasteiger partial charge on any atom is 0.233 e. The first-order chi connectivity index (χ1) is 16.0. The first-order valence-electron chi connectivity index (χ1n) is 11.3. The van der Waals surface area contributed by atoms with Crippen LogP contribution in [0.3, 0.4) is 0 Å². The Kier molecular flexibility index (Phi) is 6.87. The summed E-state index contributed by atoms with van der Waals surface area (Å²) >= 11 is 1.31. The van der Waals surface area contributed by atoms with Crippen molar-refractivity contribution in [3.8, 4) is 17.1 Å². The summed E-state index contributed by atoms with van der Waals surface area (Å²) in [5.74, 6) is 0.917. The van der Waals surface area contributed by atoms with Crippen LogP contribution in [0, 0.1) is 0 Å². The molecule has 1 aliphatic heterocycles. The highest BCUT2D eigenvalue weighted by Crippen LogP contribution is 2.30. The van der Waals surface area contributed by atoms with Gasteiger partial charge in [-0.3, -0.25) is 9.36 Å². The van der Waals surface area contributed by atoms with Gasteiger partial charge in [-0.05, 0) is 29.5 Å². The lowest BCUT2D eigenvalue weighted by Crippen LogP contribution is -2.38. The van der Waals surface area contributed by atoms with Crippen LogP contribution >= 0.6 is 11.8 Å². The zero-order valence-corrected chi connectivity index (χ0v) is 21.6. The molecule has 1 aromatic heterocycles. The zero-order valence-electron chi connectivity index (χ0n) is 19.9. The third-order valence-corrected chi connectivity index (χ3v) is 8.80. The molecule has 1 aliphatic rings. The van der Waals surface area contributed by atoms with Crippen LogP contribution in [-0.4, -0.2) is 64.3 Å². The number of nitrogens with zero attached hydrogens (tertiary/aromatic N) is 4. The zero-order chi connectivity index (χ0) is 24.5. The van der Waals surface area contributed by atoms with E-state index in [1.807, 2.05) is 34.9 Å².